The van der Waals surface area contributed by atoms with Crippen molar-refractivity contribution >= 4 is 62.9 Å². The highest BCUT2D eigenvalue weighted by atomic mass is 32.2. The molecule has 1 aromatic heterocycles. The van der Waals surface area contributed by atoms with Crippen LogP contribution in [0.2, 0.25) is 0 Å². The highest BCUT2D eigenvalue weighted by Gasteiger charge is 2.27. The summed E-state index contributed by atoms with van der Waals surface area (Å²) in [6, 6.07) is 11.9. The number of hydrogen-bond donors (Lipinski definition) is 1. The molecular formula is C23H20N4O3S2. The van der Waals surface area contributed by atoms with Gasteiger partial charge in [0.2, 0.25) is 0 Å². The van der Waals surface area contributed by atoms with Crippen LogP contribution in [0.4, 0.5) is 5.69 Å². The van der Waals surface area contributed by atoms with E-state index in [1.54, 1.807) is 11.0 Å². The SMILES string of the molecule is CC(C)n1cnc2ccc(CN3C(=O)COc4ccc(/C=C5/SC(=S)NC5=O)cc43)cc21. The standard InChI is InChI=1S/C23H20N4O3S2/c1-13(2)27-12-24-16-5-3-15(8-17(16)27)10-26-18-7-14(4-6-19(18)30-11-21(26)28)9-20-22(29)25-23(31)32-20/h3-9,12-13H,10-11H2,1-2H3,(H,25,29,31)/b20-9+. The molecule has 9 heteroatoms. The van der Waals surface area contributed by atoms with Crippen LogP contribution in [0, 0.1) is 0 Å². The highest BCUT2D eigenvalue weighted by Crippen LogP contribution is 2.36. The summed E-state index contributed by atoms with van der Waals surface area (Å²) in [4.78, 5) is 31.5. The van der Waals surface area contributed by atoms with E-state index in [2.05, 4.69) is 34.8 Å². The molecule has 3 aromatic rings. The van der Waals surface area contributed by atoms with Gasteiger partial charge in [-0.25, -0.2) is 4.98 Å². The number of nitrogens with zero attached hydrogens (tertiary/aromatic N) is 3. The van der Waals surface area contributed by atoms with E-state index in [9.17, 15) is 9.59 Å². The zero-order valence-corrected chi connectivity index (χ0v) is 19.1. The van der Waals surface area contributed by atoms with Crippen LogP contribution in [0.5, 0.6) is 5.75 Å². The molecule has 0 radical (unpaired) electrons. The van der Waals surface area contributed by atoms with Gasteiger partial charge in [-0.1, -0.05) is 36.1 Å². The second-order valence-electron chi connectivity index (χ2n) is 7.92. The normalized spacial score (nSPS) is 17.3. The summed E-state index contributed by atoms with van der Waals surface area (Å²) in [5, 5.41) is 2.61. The lowest BCUT2D eigenvalue weighted by Crippen LogP contribution is -2.38. The Morgan fingerprint density at radius 3 is 2.84 bits per heavy atom. The Bertz CT molecular complexity index is 1310. The Hall–Kier alpha value is -3.17. The van der Waals surface area contributed by atoms with Crippen LogP contribution in [0.1, 0.15) is 31.0 Å². The van der Waals surface area contributed by atoms with Crippen molar-refractivity contribution in [3.8, 4) is 5.75 Å². The molecule has 5 rings (SSSR count). The lowest BCUT2D eigenvalue weighted by atomic mass is 10.1. The first kappa shape index (κ1) is 20.7. The van der Waals surface area contributed by atoms with Gasteiger partial charge in [-0.15, -0.1) is 0 Å². The summed E-state index contributed by atoms with van der Waals surface area (Å²) in [7, 11) is 0. The quantitative estimate of drug-likeness (QED) is 0.464. The van der Waals surface area contributed by atoms with Crippen LogP contribution in [0.15, 0.2) is 47.6 Å². The maximum Gasteiger partial charge on any atom is 0.265 e. The van der Waals surface area contributed by atoms with Crippen molar-refractivity contribution in [2.45, 2.75) is 26.4 Å². The average Bonchev–Trinajstić information content (AvgIpc) is 3.32. The molecule has 2 aliphatic heterocycles. The van der Waals surface area contributed by atoms with Gasteiger partial charge in [0.1, 0.15) is 10.1 Å². The molecule has 2 aliphatic rings. The summed E-state index contributed by atoms with van der Waals surface area (Å²) >= 11 is 6.28. The maximum atomic E-state index is 12.8. The van der Waals surface area contributed by atoms with Crippen molar-refractivity contribution in [2.24, 2.45) is 0 Å². The highest BCUT2D eigenvalue weighted by molar-refractivity contribution is 8.26. The molecule has 0 bridgehead atoms. The minimum absolute atomic E-state index is 0.00780. The van der Waals surface area contributed by atoms with E-state index >= 15 is 0 Å². The zero-order chi connectivity index (χ0) is 22.4. The van der Waals surface area contributed by atoms with E-state index in [4.69, 9.17) is 17.0 Å². The summed E-state index contributed by atoms with van der Waals surface area (Å²) in [5.41, 5.74) is 4.44. The molecule has 162 valence electrons. The lowest BCUT2D eigenvalue weighted by molar-refractivity contribution is -0.121. The van der Waals surface area contributed by atoms with E-state index in [1.807, 2.05) is 36.7 Å². The Morgan fingerprint density at radius 1 is 1.25 bits per heavy atom. The second kappa shape index (κ2) is 8.07. The molecule has 1 saturated heterocycles. The topological polar surface area (TPSA) is 76.5 Å². The smallest absolute Gasteiger partial charge is 0.265 e. The van der Waals surface area contributed by atoms with Gasteiger partial charge >= 0.3 is 0 Å². The van der Waals surface area contributed by atoms with Crippen LogP contribution >= 0.6 is 24.0 Å². The van der Waals surface area contributed by atoms with Crippen LogP contribution in [-0.4, -0.2) is 32.3 Å². The van der Waals surface area contributed by atoms with E-state index in [0.29, 0.717) is 27.2 Å². The van der Waals surface area contributed by atoms with Crippen molar-refractivity contribution < 1.29 is 14.3 Å². The van der Waals surface area contributed by atoms with E-state index < -0.39 is 0 Å². The first-order valence-corrected chi connectivity index (χ1v) is 11.4. The van der Waals surface area contributed by atoms with Crippen molar-refractivity contribution in [3.05, 3.63) is 58.8 Å². The molecule has 0 atom stereocenters. The number of hydrogen-bond acceptors (Lipinski definition) is 6. The van der Waals surface area contributed by atoms with E-state index in [0.717, 1.165) is 22.2 Å². The number of imidazole rings is 1. The van der Waals surface area contributed by atoms with Gasteiger partial charge in [0.25, 0.3) is 11.8 Å². The molecule has 32 heavy (non-hydrogen) atoms. The number of rotatable bonds is 4. The number of benzene rings is 2. The van der Waals surface area contributed by atoms with Gasteiger partial charge in [-0.3, -0.25) is 9.59 Å². The third kappa shape index (κ3) is 3.78. The first-order chi connectivity index (χ1) is 15.4. The Labute approximate surface area is 194 Å². The van der Waals surface area contributed by atoms with Crippen molar-refractivity contribution in [3.63, 3.8) is 0 Å². The monoisotopic (exact) mass is 464 g/mol. The minimum atomic E-state index is -0.211. The molecule has 0 aliphatic carbocycles. The number of thiocarbonyl (C=S) groups is 1. The third-order valence-corrected chi connectivity index (χ3v) is 6.56. The second-order valence-corrected chi connectivity index (χ2v) is 9.64. The third-order valence-electron chi connectivity index (χ3n) is 5.40. The number of nitrogens with one attached hydrogen (secondary N) is 1. The minimum Gasteiger partial charge on any atom is -0.482 e. The van der Waals surface area contributed by atoms with Crippen LogP contribution in [0.25, 0.3) is 17.1 Å². The lowest BCUT2D eigenvalue weighted by Gasteiger charge is -2.30. The fourth-order valence-electron chi connectivity index (χ4n) is 3.82. The number of aromatic nitrogens is 2. The van der Waals surface area contributed by atoms with E-state index in [-0.39, 0.29) is 24.5 Å². The Morgan fingerprint density at radius 2 is 2.09 bits per heavy atom. The molecule has 0 spiro atoms. The predicted molar refractivity (Wildman–Crippen MR) is 130 cm³/mol. The summed E-state index contributed by atoms with van der Waals surface area (Å²) in [6.45, 7) is 4.63. The molecular weight excluding hydrogens is 444 g/mol. The number of thioether (sulfide) groups is 1. The molecule has 7 nitrogen and oxygen atoms in total. The fraction of sp³-hybridized carbons (Fsp3) is 0.217. The first-order valence-electron chi connectivity index (χ1n) is 10.2. The van der Waals surface area contributed by atoms with Gasteiger partial charge in [-0.05, 0) is 55.3 Å². The molecule has 3 heterocycles. The maximum absolute atomic E-state index is 12.8. The van der Waals surface area contributed by atoms with E-state index in [1.165, 1.54) is 11.8 Å². The van der Waals surface area contributed by atoms with Crippen molar-refractivity contribution in [1.82, 2.24) is 14.9 Å². The number of carbonyl (C=O) groups is 2. The van der Waals surface area contributed by atoms with Gasteiger partial charge in [-0.2, -0.15) is 0 Å². The fourth-order valence-corrected chi connectivity index (χ4v) is 4.86. The molecule has 0 saturated carbocycles. The Kier molecular flexibility index (Phi) is 5.22. The van der Waals surface area contributed by atoms with Crippen molar-refractivity contribution in [2.75, 3.05) is 11.5 Å². The number of ether oxygens (including phenoxy) is 1. The van der Waals surface area contributed by atoms with Gasteiger partial charge in [0.05, 0.1) is 34.5 Å². The molecule has 0 unspecified atom stereocenters. The van der Waals surface area contributed by atoms with Gasteiger partial charge < -0.3 is 19.5 Å². The Balaban J connectivity index is 1.49. The van der Waals surface area contributed by atoms with Crippen LogP contribution < -0.4 is 15.0 Å². The number of carbonyl (C=O) groups excluding carboxylic acids is 2. The summed E-state index contributed by atoms with van der Waals surface area (Å²) in [6.07, 6.45) is 3.61. The molecule has 2 amide bonds. The average molecular weight is 465 g/mol. The largest absolute Gasteiger partial charge is 0.482 e. The van der Waals surface area contributed by atoms with Gasteiger partial charge in [0, 0.05) is 6.04 Å². The molecule has 1 N–H and O–H groups in total. The number of amides is 2. The van der Waals surface area contributed by atoms with Crippen molar-refractivity contribution in [1.29, 1.82) is 0 Å². The van der Waals surface area contributed by atoms with Crippen LogP contribution in [-0.2, 0) is 16.1 Å². The summed E-state index contributed by atoms with van der Waals surface area (Å²) in [5.74, 6) is 0.310. The van der Waals surface area contributed by atoms with Gasteiger partial charge in [0.15, 0.2) is 6.61 Å². The number of anilines is 1. The predicted octanol–water partition coefficient (Wildman–Crippen LogP) is 4.03. The zero-order valence-electron chi connectivity index (χ0n) is 17.5. The molecule has 1 fully saturated rings. The summed E-state index contributed by atoms with van der Waals surface area (Å²) < 4.78 is 8.20. The van der Waals surface area contributed by atoms with Crippen LogP contribution in [0.3, 0.4) is 0 Å². The number of fused-ring (bicyclic) bond motifs is 2. The molecule has 2 aromatic carbocycles.